The first-order valence-electron chi connectivity index (χ1n) is 6.95. The highest BCUT2D eigenvalue weighted by Crippen LogP contribution is 2.16. The number of carbonyl (C=O) groups is 2. The van der Waals surface area contributed by atoms with Crippen LogP contribution in [0.25, 0.3) is 0 Å². The Hall–Kier alpha value is -2.08. The Morgan fingerprint density at radius 1 is 1.29 bits per heavy atom. The first-order chi connectivity index (χ1) is 9.99. The predicted octanol–water partition coefficient (Wildman–Crippen LogP) is 2.25. The fourth-order valence-corrected chi connectivity index (χ4v) is 1.73. The largest absolute Gasteiger partial charge is 0.481 e. The summed E-state index contributed by atoms with van der Waals surface area (Å²) in [5.74, 6) is -0.861. The van der Waals surface area contributed by atoms with Gasteiger partial charge in [-0.2, -0.15) is 0 Å². The molecule has 0 aliphatic carbocycles. The van der Waals surface area contributed by atoms with E-state index in [9.17, 15) is 9.59 Å². The molecule has 0 fully saturated rings. The number of urea groups is 1. The van der Waals surface area contributed by atoms with Crippen LogP contribution in [-0.4, -0.2) is 36.4 Å². The lowest BCUT2D eigenvalue weighted by atomic mass is 10.1. The van der Waals surface area contributed by atoms with Gasteiger partial charge in [-0.15, -0.1) is 0 Å². The first kappa shape index (κ1) is 17.0. The number of carboxylic acids is 1. The van der Waals surface area contributed by atoms with E-state index in [4.69, 9.17) is 9.84 Å². The Morgan fingerprint density at radius 3 is 2.67 bits per heavy atom. The number of ether oxygens (including phenoxy) is 1. The number of aryl methyl sites for hydroxylation is 1. The van der Waals surface area contributed by atoms with Crippen LogP contribution in [0.5, 0.6) is 0 Å². The molecule has 1 rings (SSSR count). The Labute approximate surface area is 124 Å². The van der Waals surface area contributed by atoms with Crippen LogP contribution in [-0.2, 0) is 16.0 Å². The summed E-state index contributed by atoms with van der Waals surface area (Å²) in [5.41, 5.74) is 1.43. The molecule has 1 aromatic carbocycles. The number of hydrogen-bond donors (Lipinski definition) is 3. The zero-order valence-electron chi connectivity index (χ0n) is 12.4. The van der Waals surface area contributed by atoms with Crippen molar-refractivity contribution in [3.63, 3.8) is 0 Å². The van der Waals surface area contributed by atoms with Crippen molar-refractivity contribution >= 4 is 17.7 Å². The second kappa shape index (κ2) is 8.97. The maximum absolute atomic E-state index is 11.8. The van der Waals surface area contributed by atoms with Crippen LogP contribution in [0.15, 0.2) is 24.3 Å². The number of rotatable bonds is 8. The lowest BCUT2D eigenvalue weighted by Crippen LogP contribution is -2.32. The molecule has 116 valence electrons. The molecule has 6 heteroatoms. The third kappa shape index (κ3) is 7.31. The Kier molecular flexibility index (Phi) is 7.25. The zero-order chi connectivity index (χ0) is 15.7. The molecule has 0 aliphatic heterocycles. The minimum atomic E-state index is -0.861. The number of amides is 2. The summed E-state index contributed by atoms with van der Waals surface area (Å²) in [6.45, 7) is 4.73. The monoisotopic (exact) mass is 294 g/mol. The topological polar surface area (TPSA) is 87.7 Å². The van der Waals surface area contributed by atoms with Gasteiger partial charge in [0.15, 0.2) is 0 Å². The van der Waals surface area contributed by atoms with Crippen molar-refractivity contribution in [2.45, 2.75) is 32.8 Å². The van der Waals surface area contributed by atoms with E-state index in [0.717, 1.165) is 5.56 Å². The van der Waals surface area contributed by atoms with Crippen molar-refractivity contribution in [2.24, 2.45) is 0 Å². The maximum atomic E-state index is 11.8. The summed E-state index contributed by atoms with van der Waals surface area (Å²) >= 11 is 0. The van der Waals surface area contributed by atoms with E-state index in [1.165, 1.54) is 0 Å². The van der Waals surface area contributed by atoms with Gasteiger partial charge in [-0.05, 0) is 31.9 Å². The molecule has 21 heavy (non-hydrogen) atoms. The quantitative estimate of drug-likeness (QED) is 0.642. The highest BCUT2D eigenvalue weighted by Gasteiger charge is 2.07. The van der Waals surface area contributed by atoms with Gasteiger partial charge in [0.1, 0.15) is 0 Å². The van der Waals surface area contributed by atoms with Gasteiger partial charge in [0.05, 0.1) is 12.7 Å². The third-order valence-corrected chi connectivity index (χ3v) is 2.71. The van der Waals surface area contributed by atoms with Crippen LogP contribution >= 0.6 is 0 Å². The number of carbonyl (C=O) groups excluding carboxylic acids is 1. The molecule has 0 aliphatic rings. The molecule has 0 spiro atoms. The van der Waals surface area contributed by atoms with Gasteiger partial charge in [0.2, 0.25) is 0 Å². The second-order valence-electron chi connectivity index (χ2n) is 4.85. The number of nitrogens with one attached hydrogen (secondary N) is 2. The average Bonchev–Trinajstić information content (AvgIpc) is 2.42. The van der Waals surface area contributed by atoms with Gasteiger partial charge in [-0.3, -0.25) is 4.79 Å². The third-order valence-electron chi connectivity index (χ3n) is 2.71. The van der Waals surface area contributed by atoms with Crippen LogP contribution in [0, 0.1) is 0 Å². The molecule has 0 heterocycles. The minimum Gasteiger partial charge on any atom is -0.481 e. The number of hydrogen-bond acceptors (Lipinski definition) is 3. The minimum absolute atomic E-state index is 0.0303. The molecule has 0 atom stereocenters. The Bertz CT molecular complexity index is 474. The number of benzene rings is 1. The van der Waals surface area contributed by atoms with E-state index in [-0.39, 0.29) is 18.6 Å². The van der Waals surface area contributed by atoms with E-state index in [2.05, 4.69) is 10.6 Å². The van der Waals surface area contributed by atoms with Gasteiger partial charge in [-0.1, -0.05) is 18.2 Å². The predicted molar refractivity (Wildman–Crippen MR) is 80.5 cm³/mol. The summed E-state index contributed by atoms with van der Waals surface area (Å²) < 4.78 is 5.32. The number of anilines is 1. The molecule has 1 aromatic rings. The molecule has 6 nitrogen and oxygen atoms in total. The summed E-state index contributed by atoms with van der Waals surface area (Å²) in [5, 5.41) is 14.1. The van der Waals surface area contributed by atoms with Crippen LogP contribution in [0.1, 0.15) is 25.8 Å². The van der Waals surface area contributed by atoms with E-state index >= 15 is 0 Å². The normalized spacial score (nSPS) is 10.4. The van der Waals surface area contributed by atoms with E-state index in [1.807, 2.05) is 19.9 Å². The summed E-state index contributed by atoms with van der Waals surface area (Å²) in [6.07, 6.45) is 0.539. The van der Waals surface area contributed by atoms with Crippen molar-refractivity contribution in [3.8, 4) is 0 Å². The van der Waals surface area contributed by atoms with Crippen molar-refractivity contribution in [1.29, 1.82) is 0 Å². The molecule has 0 unspecified atom stereocenters. The maximum Gasteiger partial charge on any atom is 0.319 e. The van der Waals surface area contributed by atoms with Crippen molar-refractivity contribution < 1.29 is 19.4 Å². The molecule has 0 saturated heterocycles. The summed E-state index contributed by atoms with van der Waals surface area (Å²) in [7, 11) is 0. The number of para-hydroxylation sites is 1. The van der Waals surface area contributed by atoms with Crippen LogP contribution in [0.4, 0.5) is 10.5 Å². The molecule has 3 N–H and O–H groups in total. The van der Waals surface area contributed by atoms with Gasteiger partial charge in [0.25, 0.3) is 0 Å². The van der Waals surface area contributed by atoms with Gasteiger partial charge in [0, 0.05) is 18.7 Å². The average molecular weight is 294 g/mol. The summed E-state index contributed by atoms with van der Waals surface area (Å²) in [4.78, 5) is 22.4. The summed E-state index contributed by atoms with van der Waals surface area (Å²) in [6, 6.07) is 6.84. The fourth-order valence-electron chi connectivity index (χ4n) is 1.73. The fraction of sp³-hybridized carbons (Fsp3) is 0.467. The van der Waals surface area contributed by atoms with Crippen LogP contribution in [0.3, 0.4) is 0 Å². The number of carboxylic acid groups (broad SMARTS) is 1. The van der Waals surface area contributed by atoms with Crippen molar-refractivity contribution in [3.05, 3.63) is 29.8 Å². The van der Waals surface area contributed by atoms with Crippen LogP contribution in [0.2, 0.25) is 0 Å². The molecule has 0 radical (unpaired) electrons. The molecule has 0 aromatic heterocycles. The van der Waals surface area contributed by atoms with E-state index < -0.39 is 5.97 Å². The molecule has 0 saturated carbocycles. The first-order valence-corrected chi connectivity index (χ1v) is 6.95. The standard InChI is InChI=1S/C15H22N2O4/c1-11(2)21-10-9-16-15(20)17-13-6-4-3-5-12(13)7-8-14(18)19/h3-6,11H,7-10H2,1-2H3,(H,18,19)(H2,16,17,20). The van der Waals surface area contributed by atoms with Gasteiger partial charge >= 0.3 is 12.0 Å². The molecular weight excluding hydrogens is 272 g/mol. The molecule has 0 bridgehead atoms. The molecule has 2 amide bonds. The van der Waals surface area contributed by atoms with Gasteiger partial charge < -0.3 is 20.5 Å². The number of aliphatic carboxylic acids is 1. The smallest absolute Gasteiger partial charge is 0.319 e. The zero-order valence-corrected chi connectivity index (χ0v) is 12.4. The van der Waals surface area contributed by atoms with Crippen LogP contribution < -0.4 is 10.6 Å². The Morgan fingerprint density at radius 2 is 2.00 bits per heavy atom. The van der Waals surface area contributed by atoms with E-state index in [1.54, 1.807) is 18.2 Å². The van der Waals surface area contributed by atoms with Gasteiger partial charge in [-0.25, -0.2) is 4.79 Å². The Balaban J connectivity index is 2.46. The van der Waals surface area contributed by atoms with E-state index in [0.29, 0.717) is 25.3 Å². The second-order valence-corrected chi connectivity index (χ2v) is 4.85. The lowest BCUT2D eigenvalue weighted by molar-refractivity contribution is -0.136. The SMILES string of the molecule is CC(C)OCCNC(=O)Nc1ccccc1CCC(=O)O. The molecular formula is C15H22N2O4. The van der Waals surface area contributed by atoms with Crippen molar-refractivity contribution in [2.75, 3.05) is 18.5 Å². The lowest BCUT2D eigenvalue weighted by Gasteiger charge is -2.12. The van der Waals surface area contributed by atoms with Crippen molar-refractivity contribution in [1.82, 2.24) is 5.32 Å². The highest BCUT2D eigenvalue weighted by molar-refractivity contribution is 5.90. The highest BCUT2D eigenvalue weighted by atomic mass is 16.5.